The Kier molecular flexibility index (Phi) is 5.22. The van der Waals surface area contributed by atoms with Gasteiger partial charge in [-0.25, -0.2) is 0 Å². The van der Waals surface area contributed by atoms with Crippen molar-refractivity contribution in [2.24, 2.45) is 0 Å². The number of unbranched alkanes of at least 4 members (excludes halogenated alkanes) is 1. The highest BCUT2D eigenvalue weighted by atomic mass is 16.5. The molecule has 0 aliphatic carbocycles. The number of hydrogen-bond acceptors (Lipinski definition) is 8. The summed E-state index contributed by atoms with van der Waals surface area (Å²) in [7, 11) is 2.05. The Hall–Kier alpha value is -3.36. The average molecular weight is 378 g/mol. The molecule has 4 rings (SSSR count). The molecule has 0 aromatic carbocycles. The van der Waals surface area contributed by atoms with Crippen molar-refractivity contribution in [3.05, 3.63) is 48.4 Å². The van der Waals surface area contributed by atoms with Crippen LogP contribution < -0.4 is 4.90 Å². The van der Waals surface area contributed by atoms with Gasteiger partial charge in [-0.3, -0.25) is 4.98 Å². The van der Waals surface area contributed by atoms with Crippen LogP contribution in [-0.2, 0) is 12.8 Å². The number of aryl methyl sites for hydroxylation is 2. The van der Waals surface area contributed by atoms with Gasteiger partial charge in [0.1, 0.15) is 5.82 Å². The fourth-order valence-corrected chi connectivity index (χ4v) is 2.88. The summed E-state index contributed by atoms with van der Waals surface area (Å²) < 4.78 is 7.15. The van der Waals surface area contributed by atoms with Crippen molar-refractivity contribution in [1.82, 2.24) is 34.9 Å². The lowest BCUT2D eigenvalue weighted by molar-refractivity contribution is 0.377. The molecule has 0 fully saturated rings. The van der Waals surface area contributed by atoms with Crippen LogP contribution in [0.3, 0.4) is 0 Å². The van der Waals surface area contributed by atoms with Gasteiger partial charge in [0.25, 0.3) is 0 Å². The highest BCUT2D eigenvalue weighted by Gasteiger charge is 2.13. The van der Waals surface area contributed by atoms with Gasteiger partial charge in [0.15, 0.2) is 11.5 Å². The van der Waals surface area contributed by atoms with E-state index in [1.807, 2.05) is 31.3 Å². The van der Waals surface area contributed by atoms with Crippen molar-refractivity contribution in [2.75, 3.05) is 18.5 Å². The molecule has 4 aromatic rings. The summed E-state index contributed by atoms with van der Waals surface area (Å²) in [6.07, 6.45) is 6.86. The van der Waals surface area contributed by atoms with Crippen molar-refractivity contribution in [3.63, 3.8) is 0 Å². The standard InChI is InChI=1S/C19H22N8O/c1-3-4-12-26(2)17-8-7-15-22-23-16(27(15)24-17)9-10-18-21-19(25-28-18)14-6-5-11-20-13-14/h5-8,11,13H,3-4,9-10,12H2,1-2H3. The molecule has 28 heavy (non-hydrogen) atoms. The molecule has 0 saturated carbocycles. The lowest BCUT2D eigenvalue weighted by atomic mass is 10.2. The van der Waals surface area contributed by atoms with E-state index >= 15 is 0 Å². The quantitative estimate of drug-likeness (QED) is 0.461. The molecule has 9 nitrogen and oxygen atoms in total. The molecule has 4 aromatic heterocycles. The van der Waals surface area contributed by atoms with Gasteiger partial charge in [-0.15, -0.1) is 15.3 Å². The van der Waals surface area contributed by atoms with E-state index < -0.39 is 0 Å². The van der Waals surface area contributed by atoms with Crippen molar-refractivity contribution < 1.29 is 4.52 Å². The summed E-state index contributed by atoms with van der Waals surface area (Å²) in [6.45, 7) is 3.14. The third-order valence-corrected chi connectivity index (χ3v) is 4.50. The Morgan fingerprint density at radius 1 is 1.14 bits per heavy atom. The van der Waals surface area contributed by atoms with Crippen LogP contribution >= 0.6 is 0 Å². The van der Waals surface area contributed by atoms with E-state index in [-0.39, 0.29) is 0 Å². The van der Waals surface area contributed by atoms with Gasteiger partial charge in [-0.05, 0) is 30.7 Å². The van der Waals surface area contributed by atoms with E-state index in [0.717, 1.165) is 42.2 Å². The molecule has 9 heteroatoms. The van der Waals surface area contributed by atoms with Crippen molar-refractivity contribution in [2.45, 2.75) is 32.6 Å². The largest absolute Gasteiger partial charge is 0.358 e. The van der Waals surface area contributed by atoms with Crippen LogP contribution in [0.25, 0.3) is 17.0 Å². The predicted octanol–water partition coefficient (Wildman–Crippen LogP) is 2.59. The molecule has 0 amide bonds. The van der Waals surface area contributed by atoms with Crippen molar-refractivity contribution in [3.8, 4) is 11.4 Å². The van der Waals surface area contributed by atoms with Crippen molar-refractivity contribution in [1.29, 1.82) is 0 Å². The van der Waals surface area contributed by atoms with E-state index in [1.54, 1.807) is 16.9 Å². The summed E-state index contributed by atoms with van der Waals surface area (Å²) in [4.78, 5) is 10.7. The van der Waals surface area contributed by atoms with Gasteiger partial charge >= 0.3 is 0 Å². The smallest absolute Gasteiger partial charge is 0.227 e. The Morgan fingerprint density at radius 2 is 2.07 bits per heavy atom. The minimum Gasteiger partial charge on any atom is -0.358 e. The third-order valence-electron chi connectivity index (χ3n) is 4.50. The number of hydrogen-bond donors (Lipinski definition) is 0. The molecule has 0 N–H and O–H groups in total. The van der Waals surface area contributed by atoms with E-state index in [2.05, 4.69) is 37.1 Å². The van der Waals surface area contributed by atoms with Crippen LogP contribution in [-0.4, -0.2) is 48.5 Å². The number of fused-ring (bicyclic) bond motifs is 1. The van der Waals surface area contributed by atoms with Gasteiger partial charge in [0, 0.05) is 44.4 Å². The Labute approximate surface area is 162 Å². The predicted molar refractivity (Wildman–Crippen MR) is 104 cm³/mol. The molecule has 0 atom stereocenters. The summed E-state index contributed by atoms with van der Waals surface area (Å²) in [5.41, 5.74) is 1.55. The highest BCUT2D eigenvalue weighted by molar-refractivity contribution is 5.51. The molecule has 0 radical (unpaired) electrons. The molecule has 0 aliphatic heterocycles. The van der Waals surface area contributed by atoms with Crippen molar-refractivity contribution >= 4 is 11.5 Å². The first kappa shape index (κ1) is 18.0. The molecule has 0 unspecified atom stereocenters. The minimum absolute atomic E-state index is 0.534. The Balaban J connectivity index is 1.48. The van der Waals surface area contributed by atoms with Gasteiger partial charge in [0.05, 0.1) is 0 Å². The molecule has 0 spiro atoms. The van der Waals surface area contributed by atoms with Gasteiger partial charge in [-0.1, -0.05) is 18.5 Å². The molecule has 0 saturated heterocycles. The molecular weight excluding hydrogens is 356 g/mol. The molecule has 144 valence electrons. The maximum Gasteiger partial charge on any atom is 0.227 e. The second-order valence-corrected chi connectivity index (χ2v) is 6.61. The van der Waals surface area contributed by atoms with E-state index in [9.17, 15) is 0 Å². The number of aromatic nitrogens is 7. The topological polar surface area (TPSA) is 98.1 Å². The summed E-state index contributed by atoms with van der Waals surface area (Å²) in [5.74, 6) is 2.75. The molecule has 4 heterocycles. The number of nitrogens with zero attached hydrogens (tertiary/aromatic N) is 8. The minimum atomic E-state index is 0.534. The van der Waals surface area contributed by atoms with Gasteiger partial charge < -0.3 is 9.42 Å². The lowest BCUT2D eigenvalue weighted by Gasteiger charge is -2.17. The van der Waals surface area contributed by atoms with Crippen LogP contribution in [0.15, 0.2) is 41.2 Å². The fourth-order valence-electron chi connectivity index (χ4n) is 2.88. The highest BCUT2D eigenvalue weighted by Crippen LogP contribution is 2.16. The van der Waals surface area contributed by atoms with Crippen LogP contribution in [0.5, 0.6) is 0 Å². The zero-order valence-corrected chi connectivity index (χ0v) is 16.0. The fraction of sp³-hybridized carbons (Fsp3) is 0.368. The van der Waals surface area contributed by atoms with Crippen LogP contribution in [0.2, 0.25) is 0 Å². The van der Waals surface area contributed by atoms with Crippen LogP contribution in [0.4, 0.5) is 5.82 Å². The molecule has 0 bridgehead atoms. The van der Waals surface area contributed by atoms with Gasteiger partial charge in [-0.2, -0.15) is 9.50 Å². The summed E-state index contributed by atoms with van der Waals surface area (Å²) in [6, 6.07) is 7.65. The zero-order valence-electron chi connectivity index (χ0n) is 16.0. The summed E-state index contributed by atoms with van der Waals surface area (Å²) in [5, 5.41) is 17.2. The maximum atomic E-state index is 5.36. The second-order valence-electron chi connectivity index (χ2n) is 6.61. The zero-order chi connectivity index (χ0) is 19.3. The monoisotopic (exact) mass is 378 g/mol. The Morgan fingerprint density at radius 3 is 2.89 bits per heavy atom. The molecular formula is C19H22N8O. The first-order valence-corrected chi connectivity index (χ1v) is 9.40. The number of anilines is 1. The van der Waals surface area contributed by atoms with Gasteiger partial charge in [0.2, 0.25) is 11.7 Å². The summed E-state index contributed by atoms with van der Waals surface area (Å²) >= 11 is 0. The second kappa shape index (κ2) is 8.12. The normalized spacial score (nSPS) is 11.2. The first-order valence-electron chi connectivity index (χ1n) is 9.40. The maximum absolute atomic E-state index is 5.36. The third kappa shape index (κ3) is 3.83. The van der Waals surface area contributed by atoms with E-state index in [0.29, 0.717) is 24.6 Å². The first-order chi connectivity index (χ1) is 13.7. The number of rotatable bonds is 8. The van der Waals surface area contributed by atoms with Crippen LogP contribution in [0.1, 0.15) is 31.5 Å². The number of pyridine rings is 1. The van der Waals surface area contributed by atoms with E-state index in [4.69, 9.17) is 9.62 Å². The SMILES string of the molecule is CCCCN(C)c1ccc2nnc(CCc3nc(-c4cccnc4)no3)n2n1. The lowest BCUT2D eigenvalue weighted by Crippen LogP contribution is -2.20. The average Bonchev–Trinajstić information content (AvgIpc) is 3.37. The van der Waals surface area contributed by atoms with E-state index in [1.165, 1.54) is 0 Å². The molecule has 0 aliphatic rings. The Bertz CT molecular complexity index is 1040. The van der Waals surface area contributed by atoms with Crippen LogP contribution in [0, 0.1) is 0 Å².